The summed E-state index contributed by atoms with van der Waals surface area (Å²) in [6.07, 6.45) is -8.87. The van der Waals surface area contributed by atoms with Gasteiger partial charge in [-0.05, 0) is 25.7 Å². The van der Waals surface area contributed by atoms with Crippen LogP contribution in [0.15, 0.2) is 12.4 Å². The summed E-state index contributed by atoms with van der Waals surface area (Å²) in [5.41, 5.74) is 1.14. The maximum atomic E-state index is 13.7. The van der Waals surface area contributed by atoms with E-state index in [4.69, 9.17) is 56.8 Å². The maximum absolute atomic E-state index is 13.7. The number of benzene rings is 1. The Morgan fingerprint density at radius 1 is 0.451 bits per heavy atom. The number of nitrogens with zero attached hydrogens (tertiary/aromatic N) is 6. The number of aliphatic hydroxyl groups excluding tert-OH is 8. The zero-order chi connectivity index (χ0) is 74.0. The van der Waals surface area contributed by atoms with Crippen LogP contribution in [0, 0.1) is 29.1 Å². The molecule has 102 heavy (non-hydrogen) atoms. The second kappa shape index (κ2) is 49.4. The van der Waals surface area contributed by atoms with Crippen LogP contribution in [0.5, 0.6) is 5.75 Å². The Morgan fingerprint density at radius 2 is 0.863 bits per heavy atom. The first-order chi connectivity index (χ1) is 49.2. The molecule has 4 amide bonds. The lowest BCUT2D eigenvalue weighted by molar-refractivity contribution is -0.300. The maximum Gasteiger partial charge on any atom is 0.313 e. The number of unbranched alkanes of at least 4 members (excludes halogenated alkanes) is 1. The molecule has 1 aromatic carbocycles. The van der Waals surface area contributed by atoms with E-state index < -0.39 is 140 Å². The molecule has 2 aliphatic heterocycles. The smallest absolute Gasteiger partial charge is 0.313 e. The quantitative estimate of drug-likeness (QED) is 0.00635. The van der Waals surface area contributed by atoms with Crippen molar-refractivity contribution >= 4 is 29.6 Å². The fourth-order valence-electron chi connectivity index (χ4n) is 9.40. The molecule has 580 valence electrons. The first kappa shape index (κ1) is 86.3. The number of carbonyl (C=O) groups is 5. The molecule has 2 aliphatic rings. The van der Waals surface area contributed by atoms with Gasteiger partial charge in [0.05, 0.1) is 163 Å². The normalized spacial score (nSPS) is 20.9. The molecule has 2 saturated heterocycles. The van der Waals surface area contributed by atoms with Crippen LogP contribution in [-0.2, 0) is 107 Å². The second-order valence-electron chi connectivity index (χ2n) is 22.8. The second-order valence-corrected chi connectivity index (χ2v) is 22.8. The van der Waals surface area contributed by atoms with Gasteiger partial charge in [-0.3, -0.25) is 24.0 Å². The molecule has 2 aromatic heterocycles. The summed E-state index contributed by atoms with van der Waals surface area (Å²) in [4.78, 5) is 63.3. The summed E-state index contributed by atoms with van der Waals surface area (Å²) in [7, 11) is 0. The Balaban J connectivity index is 0.890. The van der Waals surface area contributed by atoms with E-state index in [1.165, 1.54) is 0 Å². The van der Waals surface area contributed by atoms with Gasteiger partial charge in [0.25, 0.3) is 0 Å². The van der Waals surface area contributed by atoms with Crippen molar-refractivity contribution in [3.63, 3.8) is 0 Å². The number of amides is 4. The lowest BCUT2D eigenvalue weighted by Crippen LogP contribution is -2.59. The highest BCUT2D eigenvalue weighted by atomic mass is 19.2. The number of aliphatic hydroxyl groups is 8. The molecule has 1 unspecified atom stereocenters. The van der Waals surface area contributed by atoms with Gasteiger partial charge < -0.3 is 124 Å². The molecule has 12 N–H and O–H groups in total. The van der Waals surface area contributed by atoms with Gasteiger partial charge >= 0.3 is 5.97 Å². The molecule has 11 atom stereocenters. The lowest BCUT2D eigenvalue weighted by atomic mass is 9.99. The van der Waals surface area contributed by atoms with E-state index in [1.807, 2.05) is 0 Å². The first-order valence-electron chi connectivity index (χ1n) is 33.3. The number of carbonyl (C=O) groups excluding carboxylic acids is 5. The number of halogens is 5. The molecule has 36 nitrogen and oxygen atoms in total. The largest absolute Gasteiger partial charge is 0.420 e. The molecule has 2 fully saturated rings. The third-order valence-electron chi connectivity index (χ3n) is 15.1. The molecule has 4 heterocycles. The van der Waals surface area contributed by atoms with Gasteiger partial charge in [0.1, 0.15) is 54.9 Å². The average Bonchev–Trinajstić information content (AvgIpc) is 0.960. The van der Waals surface area contributed by atoms with Crippen LogP contribution in [0.4, 0.5) is 22.0 Å². The Hall–Kier alpha value is -6.30. The van der Waals surface area contributed by atoms with Crippen LogP contribution in [0.2, 0.25) is 0 Å². The molecule has 0 radical (unpaired) electrons. The third-order valence-corrected chi connectivity index (χ3v) is 15.1. The van der Waals surface area contributed by atoms with E-state index >= 15 is 0 Å². The van der Waals surface area contributed by atoms with Crippen molar-refractivity contribution in [3.8, 4) is 5.75 Å². The fourth-order valence-corrected chi connectivity index (χ4v) is 9.40. The number of esters is 1. The highest BCUT2D eigenvalue weighted by Gasteiger charge is 2.45. The Bertz CT molecular complexity index is 2870. The molecular weight excluding hydrogens is 1380 g/mol. The van der Waals surface area contributed by atoms with E-state index in [-0.39, 0.29) is 182 Å². The van der Waals surface area contributed by atoms with Crippen molar-refractivity contribution in [1.82, 2.24) is 51.3 Å². The minimum absolute atomic E-state index is 0.00735. The molecule has 3 aromatic rings. The Kier molecular flexibility index (Phi) is 41.8. The summed E-state index contributed by atoms with van der Waals surface area (Å²) in [5.74, 6) is -15.9. The molecule has 5 rings (SSSR count). The van der Waals surface area contributed by atoms with Crippen molar-refractivity contribution in [2.75, 3.05) is 152 Å². The van der Waals surface area contributed by atoms with Crippen molar-refractivity contribution < 1.29 is 148 Å². The van der Waals surface area contributed by atoms with Gasteiger partial charge in [-0.2, -0.15) is 8.78 Å². The van der Waals surface area contributed by atoms with E-state index in [0.717, 1.165) is 0 Å². The van der Waals surface area contributed by atoms with Crippen molar-refractivity contribution in [2.45, 2.75) is 145 Å². The van der Waals surface area contributed by atoms with Gasteiger partial charge in [0.15, 0.2) is 12.6 Å². The average molecular weight is 1480 g/mol. The van der Waals surface area contributed by atoms with Crippen LogP contribution in [0.1, 0.15) is 62.8 Å². The van der Waals surface area contributed by atoms with Gasteiger partial charge in [0.2, 0.25) is 58.5 Å². The number of hydrogen-bond donors (Lipinski definition) is 12. The molecule has 41 heteroatoms. The minimum atomic E-state index is -2.39. The van der Waals surface area contributed by atoms with E-state index in [2.05, 4.69) is 46.6 Å². The molecular formula is C61H95F5N10O26. The van der Waals surface area contributed by atoms with E-state index in [0.29, 0.717) is 50.2 Å². The number of ether oxygens (including phenoxy) is 13. The topological polar surface area (TPSA) is 477 Å². The highest BCUT2D eigenvalue weighted by molar-refractivity contribution is 5.87. The summed E-state index contributed by atoms with van der Waals surface area (Å²) < 4.78 is 140. The van der Waals surface area contributed by atoms with E-state index in [1.54, 1.807) is 21.8 Å². The van der Waals surface area contributed by atoms with Gasteiger partial charge in [-0.15, -0.1) is 10.2 Å². The Labute approximate surface area is 582 Å². The zero-order valence-corrected chi connectivity index (χ0v) is 56.3. The standard InChI is InChI=1S/C61H95F5N10O26/c62-47-48(63)50(65)58(51(66)49(47)64)102-46(82)10-18-92-26-30-96-32-33-97-31-27-93-21-13-69-59(89)40(4-1-2-11-67-43(79)8-16-90-24-28-94-22-14-75-34-38(71-73-75)6-19-98-60-56(87)54(85)52(83)41(36-77)100-60)70-45(81)5-3-12-68-44(80)9-17-91-25-29-95-23-15-76-35-39(72-74-76)7-20-99-61-57(88)55(86)53(84)42(37-78)101-61/h34-35,40-42,52-57,60-61,77-78,83-88H,1-33,36-37H2,(H,67,79)(H,68,80)(H,69,89)(H,70,81)/t40?,41-,42-,52+,53+,54+,55+,56-,57-,60-,61-/m1/s1. The number of hydrogen-bond acceptors (Lipinski definition) is 30. The van der Waals surface area contributed by atoms with Crippen LogP contribution in [-0.4, -0.2) is 320 Å². The summed E-state index contributed by atoms with van der Waals surface area (Å²) in [6, 6.07) is -0.937. The first-order valence-corrected chi connectivity index (χ1v) is 33.3. The highest BCUT2D eigenvalue weighted by Crippen LogP contribution is 2.30. The Morgan fingerprint density at radius 3 is 1.32 bits per heavy atom. The van der Waals surface area contributed by atoms with Gasteiger partial charge in [0, 0.05) is 64.1 Å². The lowest BCUT2D eigenvalue weighted by Gasteiger charge is -2.39. The predicted octanol–water partition coefficient (Wildman–Crippen LogP) is -4.32. The van der Waals surface area contributed by atoms with Crippen molar-refractivity contribution in [2.24, 2.45) is 0 Å². The van der Waals surface area contributed by atoms with Crippen molar-refractivity contribution in [1.29, 1.82) is 0 Å². The van der Waals surface area contributed by atoms with Gasteiger partial charge in [-0.1, -0.05) is 10.4 Å². The summed E-state index contributed by atoms with van der Waals surface area (Å²) in [5, 5.41) is 106. The molecule has 0 spiro atoms. The molecule has 0 saturated carbocycles. The molecule has 0 bridgehead atoms. The fraction of sp³-hybridized carbons (Fsp3) is 0.754. The predicted molar refractivity (Wildman–Crippen MR) is 333 cm³/mol. The zero-order valence-electron chi connectivity index (χ0n) is 56.3. The van der Waals surface area contributed by atoms with Crippen molar-refractivity contribution in [3.05, 3.63) is 52.9 Å². The summed E-state index contributed by atoms with van der Waals surface area (Å²) in [6.45, 7) is 2.46. The summed E-state index contributed by atoms with van der Waals surface area (Å²) >= 11 is 0. The number of aromatic nitrogens is 6. The minimum Gasteiger partial charge on any atom is -0.420 e. The third kappa shape index (κ3) is 32.0. The van der Waals surface area contributed by atoms with Crippen LogP contribution >= 0.6 is 0 Å². The van der Waals surface area contributed by atoms with Gasteiger partial charge in [-0.25, -0.2) is 22.5 Å². The monoisotopic (exact) mass is 1480 g/mol. The number of nitrogens with one attached hydrogen (secondary N) is 4. The van der Waals surface area contributed by atoms with E-state index in [9.17, 15) is 86.8 Å². The SMILES string of the molecule is O=C(CCOCCOCCn1cc(CCO[C@@H]2O[C@H](CO)[C@H](O)[C@H](O)[C@H]2O)nn1)NCCCCC(NC(=O)CCCNC(=O)CCOCCOCCn1cc(CCO[C@@H]2O[C@H](CO)[C@H](O)[C@H](O)[C@H]2O)nn1)C(=O)NCCOCCOCCOCCOCCC(=O)Oc1c(F)c(F)c(F)c(F)c1F. The van der Waals surface area contributed by atoms with Crippen LogP contribution < -0.4 is 26.0 Å². The van der Waals surface area contributed by atoms with Crippen LogP contribution in [0.3, 0.4) is 0 Å². The molecule has 0 aliphatic carbocycles. The number of rotatable bonds is 55. The van der Waals surface area contributed by atoms with Crippen LogP contribution in [0.25, 0.3) is 0 Å².